The van der Waals surface area contributed by atoms with Crippen molar-refractivity contribution >= 4 is 11.6 Å². The first kappa shape index (κ1) is 12.7. The SMILES string of the molecule is CCOc1ccccc1N1CCN(CC)C(=O)C1. The fourth-order valence-corrected chi connectivity index (χ4v) is 2.24. The average Bonchev–Trinajstić information content (AvgIpc) is 2.40. The summed E-state index contributed by atoms with van der Waals surface area (Å²) in [4.78, 5) is 15.9. The molecule has 1 aromatic carbocycles. The van der Waals surface area contributed by atoms with Crippen LogP contribution >= 0.6 is 0 Å². The molecule has 0 bridgehead atoms. The molecule has 1 aliphatic heterocycles. The van der Waals surface area contributed by atoms with Crippen molar-refractivity contribution in [2.24, 2.45) is 0 Å². The summed E-state index contributed by atoms with van der Waals surface area (Å²) in [5, 5.41) is 0. The Bertz CT molecular complexity index is 420. The molecule has 0 aliphatic carbocycles. The van der Waals surface area contributed by atoms with Crippen molar-refractivity contribution in [3.63, 3.8) is 0 Å². The molecule has 0 spiro atoms. The predicted octanol–water partition coefficient (Wildman–Crippen LogP) is 1.75. The maximum absolute atomic E-state index is 11.9. The van der Waals surface area contributed by atoms with Crippen molar-refractivity contribution in [1.29, 1.82) is 0 Å². The van der Waals surface area contributed by atoms with E-state index in [4.69, 9.17) is 4.74 Å². The highest BCUT2D eigenvalue weighted by Crippen LogP contribution is 2.28. The summed E-state index contributed by atoms with van der Waals surface area (Å²) in [7, 11) is 0. The van der Waals surface area contributed by atoms with Gasteiger partial charge in [-0.1, -0.05) is 12.1 Å². The van der Waals surface area contributed by atoms with Crippen molar-refractivity contribution in [2.45, 2.75) is 13.8 Å². The molecule has 1 heterocycles. The number of nitrogens with zero attached hydrogens (tertiary/aromatic N) is 2. The molecule has 1 aliphatic rings. The van der Waals surface area contributed by atoms with E-state index in [2.05, 4.69) is 4.90 Å². The Kier molecular flexibility index (Phi) is 4.07. The summed E-state index contributed by atoms with van der Waals surface area (Å²) >= 11 is 0. The van der Waals surface area contributed by atoms with Gasteiger partial charge in [0.25, 0.3) is 0 Å². The highest BCUT2D eigenvalue weighted by molar-refractivity contribution is 5.83. The number of anilines is 1. The van der Waals surface area contributed by atoms with Gasteiger partial charge in [0, 0.05) is 19.6 Å². The fraction of sp³-hybridized carbons (Fsp3) is 0.500. The number of hydrogen-bond donors (Lipinski definition) is 0. The van der Waals surface area contributed by atoms with Crippen LogP contribution < -0.4 is 9.64 Å². The second-order valence-electron chi connectivity index (χ2n) is 4.30. The van der Waals surface area contributed by atoms with Crippen molar-refractivity contribution in [2.75, 3.05) is 37.7 Å². The molecule has 18 heavy (non-hydrogen) atoms. The minimum atomic E-state index is 0.190. The zero-order valence-corrected chi connectivity index (χ0v) is 11.1. The Morgan fingerprint density at radius 1 is 1.22 bits per heavy atom. The molecule has 1 amide bonds. The molecule has 0 radical (unpaired) electrons. The number of rotatable bonds is 4. The quantitative estimate of drug-likeness (QED) is 0.814. The molecule has 1 saturated heterocycles. The molecule has 1 aromatic rings. The van der Waals surface area contributed by atoms with E-state index in [-0.39, 0.29) is 5.91 Å². The monoisotopic (exact) mass is 248 g/mol. The lowest BCUT2D eigenvalue weighted by atomic mass is 10.2. The lowest BCUT2D eigenvalue weighted by Gasteiger charge is -2.35. The van der Waals surface area contributed by atoms with Crippen molar-refractivity contribution in [3.8, 4) is 5.75 Å². The lowest BCUT2D eigenvalue weighted by molar-refractivity contribution is -0.130. The molecule has 4 nitrogen and oxygen atoms in total. The van der Waals surface area contributed by atoms with Crippen molar-refractivity contribution in [3.05, 3.63) is 24.3 Å². The maximum atomic E-state index is 11.9. The van der Waals surface area contributed by atoms with E-state index >= 15 is 0 Å². The van der Waals surface area contributed by atoms with Gasteiger partial charge in [0.05, 0.1) is 18.8 Å². The van der Waals surface area contributed by atoms with Gasteiger partial charge >= 0.3 is 0 Å². The van der Waals surface area contributed by atoms with Gasteiger partial charge in [0.2, 0.25) is 5.91 Å². The number of ether oxygens (including phenoxy) is 1. The Morgan fingerprint density at radius 3 is 2.67 bits per heavy atom. The second-order valence-corrected chi connectivity index (χ2v) is 4.30. The lowest BCUT2D eigenvalue weighted by Crippen LogP contribution is -2.50. The largest absolute Gasteiger partial charge is 0.492 e. The van der Waals surface area contributed by atoms with Crippen LogP contribution in [0.2, 0.25) is 0 Å². The van der Waals surface area contributed by atoms with Crippen LogP contribution in [0.25, 0.3) is 0 Å². The van der Waals surface area contributed by atoms with Crippen LogP contribution in [0.5, 0.6) is 5.75 Å². The standard InChI is InChI=1S/C14H20N2O2/c1-3-15-9-10-16(11-14(15)17)12-7-5-6-8-13(12)18-4-2/h5-8H,3-4,9-11H2,1-2H3. The van der Waals surface area contributed by atoms with Gasteiger partial charge in [-0.05, 0) is 26.0 Å². The highest BCUT2D eigenvalue weighted by atomic mass is 16.5. The summed E-state index contributed by atoms with van der Waals surface area (Å²) in [5.41, 5.74) is 1.02. The summed E-state index contributed by atoms with van der Waals surface area (Å²) in [5.74, 6) is 1.05. The number of benzene rings is 1. The summed E-state index contributed by atoms with van der Waals surface area (Å²) in [6.45, 7) is 7.51. The van der Waals surface area contributed by atoms with Crippen LogP contribution in [0.3, 0.4) is 0 Å². The fourth-order valence-electron chi connectivity index (χ4n) is 2.24. The molecule has 2 rings (SSSR count). The van der Waals surface area contributed by atoms with Gasteiger partial charge in [0.15, 0.2) is 0 Å². The minimum absolute atomic E-state index is 0.190. The van der Waals surface area contributed by atoms with Gasteiger partial charge in [0.1, 0.15) is 5.75 Å². The average molecular weight is 248 g/mol. The van der Waals surface area contributed by atoms with Crippen LogP contribution in [0, 0.1) is 0 Å². The Morgan fingerprint density at radius 2 is 2.00 bits per heavy atom. The Hall–Kier alpha value is -1.71. The predicted molar refractivity (Wildman–Crippen MR) is 72.1 cm³/mol. The molecule has 0 aromatic heterocycles. The first-order valence-corrected chi connectivity index (χ1v) is 6.50. The highest BCUT2D eigenvalue weighted by Gasteiger charge is 2.24. The second kappa shape index (κ2) is 5.76. The minimum Gasteiger partial charge on any atom is -0.492 e. The third kappa shape index (κ3) is 2.58. The number of amides is 1. The zero-order valence-electron chi connectivity index (χ0n) is 11.1. The van der Waals surface area contributed by atoms with E-state index in [1.54, 1.807) is 0 Å². The molecule has 4 heteroatoms. The number of carbonyl (C=O) groups is 1. The summed E-state index contributed by atoms with van der Waals surface area (Å²) < 4.78 is 5.61. The third-order valence-corrected chi connectivity index (χ3v) is 3.21. The maximum Gasteiger partial charge on any atom is 0.242 e. The van der Waals surface area contributed by atoms with Crippen LogP contribution in [0.15, 0.2) is 24.3 Å². The summed E-state index contributed by atoms with van der Waals surface area (Å²) in [6.07, 6.45) is 0. The van der Waals surface area contributed by atoms with E-state index < -0.39 is 0 Å². The van der Waals surface area contributed by atoms with Gasteiger partial charge in [-0.15, -0.1) is 0 Å². The number of hydrogen-bond acceptors (Lipinski definition) is 3. The molecule has 98 valence electrons. The number of likely N-dealkylation sites (N-methyl/N-ethyl adjacent to an activating group) is 1. The van der Waals surface area contributed by atoms with Gasteiger partial charge in [-0.25, -0.2) is 0 Å². The topological polar surface area (TPSA) is 32.8 Å². The van der Waals surface area contributed by atoms with Crippen molar-refractivity contribution < 1.29 is 9.53 Å². The Balaban J connectivity index is 2.15. The van der Waals surface area contributed by atoms with Gasteiger partial charge in [-0.3, -0.25) is 4.79 Å². The van der Waals surface area contributed by atoms with E-state index in [1.165, 1.54) is 0 Å². The van der Waals surface area contributed by atoms with E-state index in [1.807, 2.05) is 43.0 Å². The zero-order chi connectivity index (χ0) is 13.0. The molecule has 0 atom stereocenters. The van der Waals surface area contributed by atoms with Crippen LogP contribution in [-0.2, 0) is 4.79 Å². The van der Waals surface area contributed by atoms with Crippen molar-refractivity contribution in [1.82, 2.24) is 4.90 Å². The number of piperazine rings is 1. The van der Waals surface area contributed by atoms with E-state index in [0.29, 0.717) is 13.2 Å². The normalized spacial score (nSPS) is 16.0. The summed E-state index contributed by atoms with van der Waals surface area (Å²) in [6, 6.07) is 7.91. The van der Waals surface area contributed by atoms with Crippen LogP contribution in [0.1, 0.15) is 13.8 Å². The van der Waals surface area contributed by atoms with Crippen LogP contribution in [-0.4, -0.2) is 43.6 Å². The molecular weight excluding hydrogens is 228 g/mol. The van der Waals surface area contributed by atoms with Gasteiger partial charge in [-0.2, -0.15) is 0 Å². The molecular formula is C14H20N2O2. The third-order valence-electron chi connectivity index (χ3n) is 3.21. The molecule has 0 N–H and O–H groups in total. The number of para-hydroxylation sites is 2. The molecule has 0 unspecified atom stereocenters. The number of carbonyl (C=O) groups excluding carboxylic acids is 1. The van der Waals surface area contributed by atoms with E-state index in [0.717, 1.165) is 31.1 Å². The smallest absolute Gasteiger partial charge is 0.242 e. The first-order chi connectivity index (χ1) is 8.76. The molecule has 0 saturated carbocycles. The van der Waals surface area contributed by atoms with Gasteiger partial charge < -0.3 is 14.5 Å². The van der Waals surface area contributed by atoms with Crippen LogP contribution in [0.4, 0.5) is 5.69 Å². The van der Waals surface area contributed by atoms with E-state index in [9.17, 15) is 4.79 Å². The molecule has 1 fully saturated rings. The Labute approximate surface area is 108 Å². The first-order valence-electron chi connectivity index (χ1n) is 6.50.